The number of aromatic nitrogens is 1. The van der Waals surface area contributed by atoms with E-state index in [0.29, 0.717) is 5.69 Å². The number of carbonyl (C=O) groups excluding carboxylic acids is 1. The van der Waals surface area contributed by atoms with Gasteiger partial charge in [0.05, 0.1) is 26.3 Å². The van der Waals surface area contributed by atoms with Crippen LogP contribution in [-0.4, -0.2) is 25.2 Å². The first kappa shape index (κ1) is 11.4. The molecule has 0 fully saturated rings. The summed E-state index contributed by atoms with van der Waals surface area (Å²) < 4.78 is 9.92. The van der Waals surface area contributed by atoms with Crippen molar-refractivity contribution in [1.29, 1.82) is 0 Å². The molecule has 0 aliphatic carbocycles. The van der Waals surface area contributed by atoms with Gasteiger partial charge in [-0.05, 0) is 12.1 Å². The van der Waals surface area contributed by atoms with Crippen LogP contribution in [-0.2, 0) is 16.0 Å². The summed E-state index contributed by atoms with van der Waals surface area (Å²) in [5.41, 5.74) is 0.702. The number of rotatable bonds is 3. The summed E-state index contributed by atoms with van der Waals surface area (Å²) in [5, 5.41) is 1.86. The number of nitrogens with zero attached hydrogens (tertiary/aromatic N) is 1. The highest BCUT2D eigenvalue weighted by Gasteiger charge is 2.10. The Bertz CT molecular complexity index is 551. The van der Waals surface area contributed by atoms with Crippen molar-refractivity contribution in [3.8, 4) is 5.75 Å². The molecule has 0 atom stereocenters. The summed E-state index contributed by atoms with van der Waals surface area (Å²) in [6, 6.07) is 7.55. The topological polar surface area (TPSA) is 48.4 Å². The number of carbonyl (C=O) groups is 1. The molecule has 1 aromatic carbocycles. The van der Waals surface area contributed by atoms with Gasteiger partial charge in [0.25, 0.3) is 0 Å². The van der Waals surface area contributed by atoms with E-state index in [4.69, 9.17) is 4.74 Å². The number of methoxy groups -OCH3 is 2. The Kier molecular flexibility index (Phi) is 3.23. The number of fused-ring (bicyclic) bond motifs is 1. The van der Waals surface area contributed by atoms with E-state index in [1.807, 2.05) is 24.3 Å². The number of pyridine rings is 1. The molecule has 0 aliphatic heterocycles. The average molecular weight is 231 g/mol. The second-order valence-electron chi connectivity index (χ2n) is 3.57. The van der Waals surface area contributed by atoms with Crippen molar-refractivity contribution in [3.63, 3.8) is 0 Å². The molecule has 4 nitrogen and oxygen atoms in total. The number of ether oxygens (including phenoxy) is 2. The molecule has 2 aromatic rings. The fraction of sp³-hybridized carbons (Fsp3) is 0.231. The third-order valence-electron chi connectivity index (χ3n) is 2.61. The van der Waals surface area contributed by atoms with E-state index >= 15 is 0 Å². The first-order valence-electron chi connectivity index (χ1n) is 5.23. The molecule has 0 amide bonds. The summed E-state index contributed by atoms with van der Waals surface area (Å²) in [4.78, 5) is 15.5. The third-order valence-corrected chi connectivity index (χ3v) is 2.61. The lowest BCUT2D eigenvalue weighted by atomic mass is 10.1. The maximum atomic E-state index is 11.3. The molecule has 0 saturated carbocycles. The van der Waals surface area contributed by atoms with Crippen molar-refractivity contribution >= 4 is 16.7 Å². The zero-order valence-electron chi connectivity index (χ0n) is 9.77. The number of esters is 1. The first-order chi connectivity index (χ1) is 8.26. The van der Waals surface area contributed by atoms with Gasteiger partial charge in [0.15, 0.2) is 0 Å². The van der Waals surface area contributed by atoms with E-state index in [0.717, 1.165) is 16.5 Å². The minimum Gasteiger partial charge on any atom is -0.496 e. The quantitative estimate of drug-likeness (QED) is 0.758. The molecule has 2 rings (SSSR count). The lowest BCUT2D eigenvalue weighted by Gasteiger charge is -2.08. The molecule has 0 saturated heterocycles. The van der Waals surface area contributed by atoms with Gasteiger partial charge >= 0.3 is 5.97 Å². The van der Waals surface area contributed by atoms with Gasteiger partial charge < -0.3 is 9.47 Å². The van der Waals surface area contributed by atoms with E-state index < -0.39 is 0 Å². The fourth-order valence-corrected chi connectivity index (χ4v) is 1.77. The van der Waals surface area contributed by atoms with Crippen LogP contribution < -0.4 is 4.74 Å². The summed E-state index contributed by atoms with van der Waals surface area (Å²) in [7, 11) is 2.99. The maximum absolute atomic E-state index is 11.3. The Labute approximate surface area is 99.2 Å². The van der Waals surface area contributed by atoms with Crippen LogP contribution >= 0.6 is 0 Å². The summed E-state index contributed by atoms with van der Waals surface area (Å²) in [5.74, 6) is 0.476. The molecule has 0 unspecified atom stereocenters. The Morgan fingerprint density at radius 3 is 2.76 bits per heavy atom. The van der Waals surface area contributed by atoms with Gasteiger partial charge in [-0.15, -0.1) is 0 Å². The Hall–Kier alpha value is -2.10. The molecule has 0 bridgehead atoms. The van der Waals surface area contributed by atoms with Gasteiger partial charge in [0, 0.05) is 17.0 Å². The van der Waals surface area contributed by atoms with Crippen molar-refractivity contribution in [1.82, 2.24) is 4.98 Å². The minimum atomic E-state index is -0.298. The minimum absolute atomic E-state index is 0.168. The van der Waals surface area contributed by atoms with Crippen molar-refractivity contribution in [2.45, 2.75) is 6.42 Å². The molecule has 17 heavy (non-hydrogen) atoms. The van der Waals surface area contributed by atoms with Gasteiger partial charge in [-0.2, -0.15) is 0 Å². The number of benzene rings is 1. The van der Waals surface area contributed by atoms with Crippen LogP contribution in [0.2, 0.25) is 0 Å². The number of hydrogen-bond donors (Lipinski definition) is 0. The van der Waals surface area contributed by atoms with Crippen LogP contribution in [0.3, 0.4) is 0 Å². The molecule has 1 aromatic heterocycles. The molecule has 0 N–H and O–H groups in total. The Morgan fingerprint density at radius 1 is 1.24 bits per heavy atom. The predicted molar refractivity (Wildman–Crippen MR) is 64.0 cm³/mol. The van der Waals surface area contributed by atoms with Crippen LogP contribution in [0, 0.1) is 0 Å². The predicted octanol–water partition coefficient (Wildman–Crippen LogP) is 1.96. The van der Waals surface area contributed by atoms with Gasteiger partial charge in [-0.25, -0.2) is 0 Å². The van der Waals surface area contributed by atoms with Crippen LogP contribution in [0.4, 0.5) is 0 Å². The zero-order valence-corrected chi connectivity index (χ0v) is 9.77. The van der Waals surface area contributed by atoms with E-state index in [1.165, 1.54) is 7.11 Å². The summed E-state index contributed by atoms with van der Waals surface area (Å²) >= 11 is 0. The highest BCUT2D eigenvalue weighted by Crippen LogP contribution is 2.26. The molecule has 88 valence electrons. The second-order valence-corrected chi connectivity index (χ2v) is 3.57. The van der Waals surface area contributed by atoms with Crippen LogP contribution in [0.5, 0.6) is 5.75 Å². The van der Waals surface area contributed by atoms with Crippen molar-refractivity contribution in [2.24, 2.45) is 0 Å². The van der Waals surface area contributed by atoms with Gasteiger partial charge in [-0.3, -0.25) is 9.78 Å². The second kappa shape index (κ2) is 4.82. The van der Waals surface area contributed by atoms with E-state index in [-0.39, 0.29) is 12.4 Å². The van der Waals surface area contributed by atoms with Crippen LogP contribution in [0.25, 0.3) is 10.8 Å². The number of hydrogen-bond acceptors (Lipinski definition) is 4. The first-order valence-corrected chi connectivity index (χ1v) is 5.23. The Morgan fingerprint density at radius 2 is 2.06 bits per heavy atom. The molecular formula is C13H13NO3. The molecule has 0 radical (unpaired) electrons. The molecule has 4 heteroatoms. The molecule has 1 heterocycles. The molecule has 0 spiro atoms. The summed E-state index contributed by atoms with van der Waals surface area (Å²) in [6.07, 6.45) is 1.84. The van der Waals surface area contributed by atoms with Crippen molar-refractivity contribution in [2.75, 3.05) is 14.2 Å². The van der Waals surface area contributed by atoms with Gasteiger partial charge in [-0.1, -0.05) is 12.1 Å². The van der Waals surface area contributed by atoms with E-state index in [9.17, 15) is 4.79 Å². The maximum Gasteiger partial charge on any atom is 0.311 e. The van der Waals surface area contributed by atoms with Crippen LogP contribution in [0.15, 0.2) is 30.5 Å². The zero-order chi connectivity index (χ0) is 12.3. The SMILES string of the molecule is COC(=O)Cc1nccc2c(OC)cccc12. The van der Waals surface area contributed by atoms with Gasteiger partial charge in [0.2, 0.25) is 0 Å². The lowest BCUT2D eigenvalue weighted by Crippen LogP contribution is -2.06. The van der Waals surface area contributed by atoms with Gasteiger partial charge in [0.1, 0.15) is 5.75 Å². The van der Waals surface area contributed by atoms with Crippen LogP contribution in [0.1, 0.15) is 5.69 Å². The Balaban J connectivity index is 2.54. The average Bonchev–Trinajstić information content (AvgIpc) is 2.38. The molecule has 0 aliphatic rings. The summed E-state index contributed by atoms with van der Waals surface area (Å²) in [6.45, 7) is 0. The largest absolute Gasteiger partial charge is 0.496 e. The highest BCUT2D eigenvalue weighted by molar-refractivity contribution is 5.91. The van der Waals surface area contributed by atoms with Crippen molar-refractivity contribution < 1.29 is 14.3 Å². The fourth-order valence-electron chi connectivity index (χ4n) is 1.77. The van der Waals surface area contributed by atoms with E-state index in [2.05, 4.69) is 9.72 Å². The normalized spacial score (nSPS) is 10.2. The molecular weight excluding hydrogens is 218 g/mol. The lowest BCUT2D eigenvalue weighted by molar-refractivity contribution is -0.139. The smallest absolute Gasteiger partial charge is 0.311 e. The monoisotopic (exact) mass is 231 g/mol. The third kappa shape index (κ3) is 2.20. The standard InChI is InChI=1S/C13H13NO3/c1-16-12-5-3-4-9-10(12)6-7-14-11(9)8-13(15)17-2/h3-7H,8H2,1-2H3. The van der Waals surface area contributed by atoms with E-state index in [1.54, 1.807) is 13.3 Å². The van der Waals surface area contributed by atoms with Crippen molar-refractivity contribution in [3.05, 3.63) is 36.2 Å². The highest BCUT2D eigenvalue weighted by atomic mass is 16.5.